The van der Waals surface area contributed by atoms with Gasteiger partial charge in [-0.3, -0.25) is 0 Å². The fourth-order valence-corrected chi connectivity index (χ4v) is 2.24. The Balaban J connectivity index is 2.67. The zero-order chi connectivity index (χ0) is 14.4. The number of likely N-dealkylation sites (N-methyl/N-ethyl adjacent to an activating group) is 1. The molecule has 0 saturated carbocycles. The van der Waals surface area contributed by atoms with E-state index >= 15 is 0 Å². The van der Waals surface area contributed by atoms with Crippen LogP contribution in [0.2, 0.25) is 5.02 Å². The van der Waals surface area contributed by atoms with Gasteiger partial charge >= 0.3 is 5.97 Å². The summed E-state index contributed by atoms with van der Waals surface area (Å²) in [4.78, 5) is 13.2. The number of nitrogens with zero attached hydrogens (tertiary/aromatic N) is 1. The van der Waals surface area contributed by atoms with E-state index in [1.54, 1.807) is 12.1 Å². The van der Waals surface area contributed by atoms with Gasteiger partial charge in [0, 0.05) is 18.3 Å². The zero-order valence-corrected chi connectivity index (χ0v) is 12.4. The highest BCUT2D eigenvalue weighted by molar-refractivity contribution is 6.33. The van der Waals surface area contributed by atoms with Crippen LogP contribution in [0, 0.1) is 0 Å². The highest BCUT2D eigenvalue weighted by Crippen LogP contribution is 2.21. The third-order valence-corrected chi connectivity index (χ3v) is 3.35. The van der Waals surface area contributed by atoms with Gasteiger partial charge in [-0.2, -0.15) is 0 Å². The number of hydrogen-bond acceptors (Lipinski definition) is 3. The highest BCUT2D eigenvalue weighted by atomic mass is 35.5. The molecule has 0 bridgehead atoms. The molecule has 5 heteroatoms. The first kappa shape index (κ1) is 15.8. The minimum Gasteiger partial charge on any atom is -0.478 e. The van der Waals surface area contributed by atoms with E-state index in [1.807, 2.05) is 0 Å². The summed E-state index contributed by atoms with van der Waals surface area (Å²) in [5, 5.41) is 12.5. The van der Waals surface area contributed by atoms with Gasteiger partial charge in [0.2, 0.25) is 0 Å². The van der Waals surface area contributed by atoms with Gasteiger partial charge in [0.1, 0.15) is 0 Å². The van der Waals surface area contributed by atoms with Crippen molar-refractivity contribution in [3.8, 4) is 0 Å². The zero-order valence-electron chi connectivity index (χ0n) is 11.6. The lowest BCUT2D eigenvalue weighted by molar-refractivity contribution is 0.0697. The standard InChI is InChI=1S/C14H21ClN2O2/c1-4-17(5-2)9-10(3)16-11-6-7-12(14(18)19)13(15)8-11/h6-8,10,16H,4-5,9H2,1-3H3,(H,18,19). The SMILES string of the molecule is CCN(CC)CC(C)Nc1ccc(C(=O)O)c(Cl)c1. The van der Waals surface area contributed by atoms with Crippen molar-refractivity contribution >= 4 is 23.3 Å². The van der Waals surface area contributed by atoms with Crippen molar-refractivity contribution in [3.05, 3.63) is 28.8 Å². The van der Waals surface area contributed by atoms with Gasteiger partial charge in [-0.15, -0.1) is 0 Å². The molecule has 106 valence electrons. The van der Waals surface area contributed by atoms with Crippen LogP contribution in [0.1, 0.15) is 31.1 Å². The molecule has 0 radical (unpaired) electrons. The Hall–Kier alpha value is -1.26. The first-order valence-corrected chi connectivity index (χ1v) is 6.87. The molecule has 0 spiro atoms. The number of aromatic carboxylic acids is 1. The second-order valence-electron chi connectivity index (χ2n) is 4.53. The van der Waals surface area contributed by atoms with Crippen molar-refractivity contribution in [3.63, 3.8) is 0 Å². The molecular weight excluding hydrogens is 264 g/mol. The van der Waals surface area contributed by atoms with E-state index in [9.17, 15) is 4.79 Å². The molecule has 0 aromatic heterocycles. The van der Waals surface area contributed by atoms with Gasteiger partial charge in [-0.25, -0.2) is 4.79 Å². The lowest BCUT2D eigenvalue weighted by atomic mass is 10.2. The van der Waals surface area contributed by atoms with Gasteiger partial charge in [0.15, 0.2) is 0 Å². The molecule has 1 atom stereocenters. The second-order valence-corrected chi connectivity index (χ2v) is 4.94. The van der Waals surface area contributed by atoms with Crippen LogP contribution in [0.25, 0.3) is 0 Å². The van der Waals surface area contributed by atoms with Gasteiger partial charge in [0.05, 0.1) is 10.6 Å². The van der Waals surface area contributed by atoms with Crippen molar-refractivity contribution in [2.24, 2.45) is 0 Å². The summed E-state index contributed by atoms with van der Waals surface area (Å²) in [5.74, 6) is -1.01. The Labute approximate surface area is 119 Å². The Morgan fingerprint density at radius 3 is 2.53 bits per heavy atom. The van der Waals surface area contributed by atoms with Gasteiger partial charge in [-0.1, -0.05) is 25.4 Å². The molecule has 0 saturated heterocycles. The molecule has 4 nitrogen and oxygen atoms in total. The predicted octanol–water partition coefficient (Wildman–Crippen LogP) is 3.18. The fraction of sp³-hybridized carbons (Fsp3) is 0.500. The Morgan fingerprint density at radius 2 is 2.05 bits per heavy atom. The molecule has 0 amide bonds. The summed E-state index contributed by atoms with van der Waals surface area (Å²) in [6, 6.07) is 5.20. The number of benzene rings is 1. The second kappa shape index (κ2) is 7.36. The van der Waals surface area contributed by atoms with Crippen molar-refractivity contribution in [1.82, 2.24) is 4.90 Å². The van der Waals surface area contributed by atoms with Crippen LogP contribution >= 0.6 is 11.6 Å². The molecule has 1 aromatic carbocycles. The highest BCUT2D eigenvalue weighted by Gasteiger charge is 2.11. The molecule has 1 aromatic rings. The average molecular weight is 285 g/mol. The van der Waals surface area contributed by atoms with Crippen LogP contribution in [0.15, 0.2) is 18.2 Å². The van der Waals surface area contributed by atoms with Crippen molar-refractivity contribution in [2.45, 2.75) is 26.8 Å². The Bertz CT molecular complexity index is 433. The number of carboxylic acid groups (broad SMARTS) is 1. The molecule has 0 fully saturated rings. The molecular formula is C14H21ClN2O2. The minimum atomic E-state index is -1.01. The van der Waals surface area contributed by atoms with Gasteiger partial charge < -0.3 is 15.3 Å². The molecule has 19 heavy (non-hydrogen) atoms. The van der Waals surface area contributed by atoms with Gasteiger partial charge in [-0.05, 0) is 38.2 Å². The molecule has 0 aliphatic rings. The van der Waals surface area contributed by atoms with E-state index in [2.05, 4.69) is 31.0 Å². The molecule has 0 aliphatic heterocycles. The van der Waals surface area contributed by atoms with E-state index in [0.717, 1.165) is 25.3 Å². The van der Waals surface area contributed by atoms with E-state index in [4.69, 9.17) is 16.7 Å². The van der Waals surface area contributed by atoms with E-state index in [1.165, 1.54) is 6.07 Å². The van der Waals surface area contributed by atoms with Gasteiger partial charge in [0.25, 0.3) is 0 Å². The molecule has 0 aliphatic carbocycles. The lowest BCUT2D eigenvalue weighted by Gasteiger charge is -2.24. The average Bonchev–Trinajstić information content (AvgIpc) is 2.35. The lowest BCUT2D eigenvalue weighted by Crippen LogP contribution is -2.34. The number of carbonyl (C=O) groups is 1. The molecule has 1 rings (SSSR count). The third-order valence-electron chi connectivity index (χ3n) is 3.04. The normalized spacial score (nSPS) is 12.5. The number of rotatable bonds is 7. The molecule has 1 unspecified atom stereocenters. The molecule has 2 N–H and O–H groups in total. The van der Waals surface area contributed by atoms with Crippen LogP contribution in [-0.4, -0.2) is 41.7 Å². The number of hydrogen-bond donors (Lipinski definition) is 2. The summed E-state index contributed by atoms with van der Waals surface area (Å²) in [7, 11) is 0. The predicted molar refractivity (Wildman–Crippen MR) is 79.3 cm³/mol. The molecule has 0 heterocycles. The first-order chi connectivity index (χ1) is 8.97. The third kappa shape index (κ3) is 4.73. The Kier molecular flexibility index (Phi) is 6.12. The van der Waals surface area contributed by atoms with Crippen LogP contribution < -0.4 is 5.32 Å². The van der Waals surface area contributed by atoms with Crippen LogP contribution in [0.4, 0.5) is 5.69 Å². The van der Waals surface area contributed by atoms with Crippen molar-refractivity contribution in [1.29, 1.82) is 0 Å². The number of carboxylic acids is 1. The maximum absolute atomic E-state index is 10.9. The summed E-state index contributed by atoms with van der Waals surface area (Å²) in [6.07, 6.45) is 0. The quantitative estimate of drug-likeness (QED) is 0.807. The summed E-state index contributed by atoms with van der Waals surface area (Å²) < 4.78 is 0. The van der Waals surface area contributed by atoms with Crippen molar-refractivity contribution < 1.29 is 9.90 Å². The largest absolute Gasteiger partial charge is 0.478 e. The summed E-state index contributed by atoms with van der Waals surface area (Å²) in [6.45, 7) is 9.33. The maximum atomic E-state index is 10.9. The van der Waals surface area contributed by atoms with Crippen LogP contribution in [0.5, 0.6) is 0 Å². The van der Waals surface area contributed by atoms with Crippen LogP contribution in [0.3, 0.4) is 0 Å². The number of nitrogens with one attached hydrogen (secondary N) is 1. The summed E-state index contributed by atoms with van der Waals surface area (Å²) >= 11 is 5.94. The van der Waals surface area contributed by atoms with E-state index in [-0.39, 0.29) is 16.6 Å². The monoisotopic (exact) mass is 284 g/mol. The smallest absolute Gasteiger partial charge is 0.337 e. The fourth-order valence-electron chi connectivity index (χ4n) is 1.98. The first-order valence-electron chi connectivity index (χ1n) is 6.49. The number of anilines is 1. The van der Waals surface area contributed by atoms with Crippen molar-refractivity contribution in [2.75, 3.05) is 25.0 Å². The van der Waals surface area contributed by atoms with E-state index < -0.39 is 5.97 Å². The topological polar surface area (TPSA) is 52.6 Å². The minimum absolute atomic E-state index is 0.128. The maximum Gasteiger partial charge on any atom is 0.337 e. The van der Waals surface area contributed by atoms with Crippen LogP contribution in [-0.2, 0) is 0 Å². The van der Waals surface area contributed by atoms with E-state index in [0.29, 0.717) is 0 Å². The summed E-state index contributed by atoms with van der Waals surface area (Å²) in [5.41, 5.74) is 0.971. The number of halogens is 1. The Morgan fingerprint density at radius 1 is 1.42 bits per heavy atom.